The van der Waals surface area contributed by atoms with Crippen molar-refractivity contribution in [1.29, 1.82) is 0 Å². The van der Waals surface area contributed by atoms with Gasteiger partial charge in [0.1, 0.15) is 58.6 Å². The third-order valence-electron chi connectivity index (χ3n) is 10.8. The van der Waals surface area contributed by atoms with Gasteiger partial charge in [-0.3, -0.25) is 4.79 Å². The Morgan fingerprint density at radius 2 is 1.05 bits per heavy atom. The molecule has 0 radical (unpaired) electrons. The first-order chi connectivity index (χ1) is 29.9. The van der Waals surface area contributed by atoms with Crippen LogP contribution in [0.25, 0.3) is 21.9 Å². The maximum atomic E-state index is 14.5. The van der Waals surface area contributed by atoms with E-state index in [0.29, 0.717) is 17.9 Å². The minimum atomic E-state index is -0.972. The minimum absolute atomic E-state index is 0.119. The largest absolute Gasteiger partial charge is 0.504 e. The van der Waals surface area contributed by atoms with E-state index in [0.717, 1.165) is 22.3 Å². The van der Waals surface area contributed by atoms with Crippen molar-refractivity contribution in [1.82, 2.24) is 0 Å². The zero-order chi connectivity index (χ0) is 42.1. The summed E-state index contributed by atoms with van der Waals surface area (Å²) >= 11 is 0. The van der Waals surface area contributed by atoms with Crippen molar-refractivity contribution in [3.05, 3.63) is 178 Å². The lowest BCUT2D eigenvalue weighted by Gasteiger charge is -2.46. The molecule has 0 saturated carbocycles. The Bertz CT molecular complexity index is 2570. The molecule has 314 valence electrons. The summed E-state index contributed by atoms with van der Waals surface area (Å²) in [5.41, 5.74) is 4.23. The predicted octanol–water partition coefficient (Wildman–Crippen LogP) is 9.09. The van der Waals surface area contributed by atoms with Gasteiger partial charge >= 0.3 is 0 Å². The molecule has 61 heavy (non-hydrogen) atoms. The molecule has 0 bridgehead atoms. The van der Waals surface area contributed by atoms with Crippen molar-refractivity contribution in [2.24, 2.45) is 0 Å². The molecule has 1 aliphatic rings. The molecule has 8 rings (SSSR count). The molecule has 1 aliphatic heterocycles. The summed E-state index contributed by atoms with van der Waals surface area (Å²) in [5.74, 6) is 0.432. The maximum Gasteiger partial charge on any atom is 0.204 e. The fourth-order valence-corrected chi connectivity index (χ4v) is 7.82. The van der Waals surface area contributed by atoms with Crippen LogP contribution in [0.3, 0.4) is 0 Å². The Morgan fingerprint density at radius 1 is 0.557 bits per heavy atom. The summed E-state index contributed by atoms with van der Waals surface area (Å²) < 4.78 is 58.3. The standard InChI is InChI=1S/C50H48O11/c1-53-39-25-38-36(24-37(39)51)45(52)43-41(60-38)26-40(54-2)44(47(43)55-3)48-50(59-30-35-22-14-7-15-23-35)49(58-29-34-20-12-6-13-21-34)46(57-28-33-18-10-5-11-19-33)42(61-48)31-56-27-32-16-8-4-9-17-32/h4-26,42,46,48-51H,27-31H2,1-3H3/t42-,46-,48+,49+,50+/m1/s1. The molecule has 0 amide bonds. The normalized spacial score (nSPS) is 18.9. The topological polar surface area (TPSA) is 124 Å². The summed E-state index contributed by atoms with van der Waals surface area (Å²) in [5, 5.41) is 11.0. The van der Waals surface area contributed by atoms with Crippen LogP contribution in [0.1, 0.15) is 33.9 Å². The van der Waals surface area contributed by atoms with Gasteiger partial charge in [-0.25, -0.2) is 0 Å². The predicted molar refractivity (Wildman–Crippen MR) is 230 cm³/mol. The quantitative estimate of drug-likeness (QED) is 0.0885. The van der Waals surface area contributed by atoms with Gasteiger partial charge in [0.25, 0.3) is 0 Å². The van der Waals surface area contributed by atoms with Gasteiger partial charge in [0, 0.05) is 12.1 Å². The first-order valence-electron chi connectivity index (χ1n) is 20.1. The molecule has 11 heteroatoms. The molecule has 1 N–H and O–H groups in total. The SMILES string of the molecule is COc1cc2oc3cc(OC)c([C@@H]4O[C@H](COCc5ccccc5)[C@@H](OCc5ccccc5)[C@H](OCc5ccccc5)[C@H]4OCc4ccccc4)c(OC)c3c(=O)c2cc1O. The molecule has 0 unspecified atom stereocenters. The highest BCUT2D eigenvalue weighted by atomic mass is 16.6. The van der Waals surface area contributed by atoms with Crippen LogP contribution in [0.5, 0.6) is 23.0 Å². The molecular formula is C50H48O11. The Labute approximate surface area is 353 Å². The average Bonchev–Trinajstić information content (AvgIpc) is 3.30. The molecule has 2 heterocycles. The van der Waals surface area contributed by atoms with Crippen molar-refractivity contribution < 1.29 is 47.4 Å². The molecule has 1 aromatic heterocycles. The highest BCUT2D eigenvalue weighted by Crippen LogP contribution is 2.48. The van der Waals surface area contributed by atoms with Crippen LogP contribution in [0.15, 0.2) is 149 Å². The summed E-state index contributed by atoms with van der Waals surface area (Å²) in [6, 6.07) is 44.0. The van der Waals surface area contributed by atoms with Crippen LogP contribution in [-0.4, -0.2) is 57.5 Å². The van der Waals surface area contributed by atoms with E-state index in [2.05, 4.69) is 0 Å². The molecule has 0 aliphatic carbocycles. The number of rotatable bonds is 17. The minimum Gasteiger partial charge on any atom is -0.504 e. The number of aromatic hydroxyl groups is 1. The van der Waals surface area contributed by atoms with E-state index in [1.165, 1.54) is 33.5 Å². The van der Waals surface area contributed by atoms with Crippen LogP contribution < -0.4 is 19.6 Å². The number of benzene rings is 6. The second-order valence-electron chi connectivity index (χ2n) is 14.7. The van der Waals surface area contributed by atoms with Gasteiger partial charge in [-0.1, -0.05) is 121 Å². The second kappa shape index (κ2) is 19.4. The van der Waals surface area contributed by atoms with Gasteiger partial charge in [0.2, 0.25) is 5.43 Å². The zero-order valence-corrected chi connectivity index (χ0v) is 34.2. The molecule has 0 spiro atoms. The third-order valence-corrected chi connectivity index (χ3v) is 10.8. The lowest BCUT2D eigenvalue weighted by atomic mass is 9.88. The van der Waals surface area contributed by atoms with Crippen LogP contribution in [0.2, 0.25) is 0 Å². The number of methoxy groups -OCH3 is 3. The van der Waals surface area contributed by atoms with Crippen molar-refractivity contribution in [3.63, 3.8) is 0 Å². The van der Waals surface area contributed by atoms with Crippen LogP contribution in [0, 0.1) is 0 Å². The third kappa shape index (κ3) is 9.26. The van der Waals surface area contributed by atoms with Gasteiger partial charge < -0.3 is 47.4 Å². The van der Waals surface area contributed by atoms with Gasteiger partial charge in [-0.15, -0.1) is 0 Å². The van der Waals surface area contributed by atoms with Crippen LogP contribution in [0.4, 0.5) is 0 Å². The van der Waals surface area contributed by atoms with E-state index >= 15 is 0 Å². The molecule has 1 fully saturated rings. The number of phenolic OH excluding ortho intramolecular Hbond substituents is 1. The van der Waals surface area contributed by atoms with Crippen LogP contribution in [-0.2, 0) is 50.1 Å². The monoisotopic (exact) mass is 824 g/mol. The fourth-order valence-electron chi connectivity index (χ4n) is 7.82. The van der Waals surface area contributed by atoms with Crippen molar-refractivity contribution >= 4 is 21.9 Å². The van der Waals surface area contributed by atoms with E-state index in [1.807, 2.05) is 121 Å². The number of ether oxygens (including phenoxy) is 8. The van der Waals surface area contributed by atoms with Gasteiger partial charge in [-0.2, -0.15) is 0 Å². The molecular weight excluding hydrogens is 777 g/mol. The molecule has 11 nitrogen and oxygen atoms in total. The smallest absolute Gasteiger partial charge is 0.204 e. The number of hydrogen-bond acceptors (Lipinski definition) is 11. The van der Waals surface area contributed by atoms with E-state index in [9.17, 15) is 9.90 Å². The Hall–Kier alpha value is -6.21. The van der Waals surface area contributed by atoms with Crippen molar-refractivity contribution in [2.75, 3.05) is 27.9 Å². The number of fused-ring (bicyclic) bond motifs is 2. The lowest BCUT2D eigenvalue weighted by Crippen LogP contribution is -2.58. The highest BCUT2D eigenvalue weighted by Gasteiger charge is 2.51. The lowest BCUT2D eigenvalue weighted by molar-refractivity contribution is -0.275. The second-order valence-corrected chi connectivity index (χ2v) is 14.7. The molecule has 6 aromatic carbocycles. The molecule has 5 atom stereocenters. The van der Waals surface area contributed by atoms with Crippen molar-refractivity contribution in [3.8, 4) is 23.0 Å². The number of phenols is 1. The van der Waals surface area contributed by atoms with Gasteiger partial charge in [-0.05, 0) is 28.3 Å². The van der Waals surface area contributed by atoms with Crippen LogP contribution >= 0.6 is 0 Å². The summed E-state index contributed by atoms with van der Waals surface area (Å²) in [6.07, 6.45) is -4.03. The summed E-state index contributed by atoms with van der Waals surface area (Å²) in [6.45, 7) is 1.14. The zero-order valence-electron chi connectivity index (χ0n) is 34.2. The van der Waals surface area contributed by atoms with Gasteiger partial charge in [0.05, 0.1) is 65.3 Å². The Kier molecular flexibility index (Phi) is 13.2. The molecule has 1 saturated heterocycles. The Morgan fingerprint density at radius 3 is 1.57 bits per heavy atom. The summed E-state index contributed by atoms with van der Waals surface area (Å²) in [4.78, 5) is 14.5. The number of hydrogen-bond donors (Lipinski definition) is 1. The van der Waals surface area contributed by atoms with Gasteiger partial charge in [0.15, 0.2) is 11.5 Å². The molecule has 7 aromatic rings. The van der Waals surface area contributed by atoms with Crippen molar-refractivity contribution in [2.45, 2.75) is 56.9 Å². The highest BCUT2D eigenvalue weighted by molar-refractivity contribution is 5.96. The van der Waals surface area contributed by atoms with E-state index < -0.39 is 35.9 Å². The summed E-state index contributed by atoms with van der Waals surface area (Å²) in [7, 11) is 4.43. The van der Waals surface area contributed by atoms with E-state index in [1.54, 1.807) is 6.07 Å². The van der Waals surface area contributed by atoms with E-state index in [-0.39, 0.29) is 65.6 Å². The Balaban J connectivity index is 1.29. The van der Waals surface area contributed by atoms with E-state index in [4.69, 9.17) is 42.3 Å². The average molecular weight is 825 g/mol. The first kappa shape index (κ1) is 41.5. The maximum absolute atomic E-state index is 14.5. The first-order valence-corrected chi connectivity index (χ1v) is 20.1. The fraction of sp³-hybridized carbons (Fsp3) is 0.260.